The number of anilines is 4. The van der Waals surface area contributed by atoms with E-state index in [1.807, 2.05) is 25.1 Å². The molecule has 0 fully saturated rings. The Morgan fingerprint density at radius 3 is 2.73 bits per heavy atom. The summed E-state index contributed by atoms with van der Waals surface area (Å²) in [7, 11) is 3.53. The van der Waals surface area contributed by atoms with Crippen molar-refractivity contribution < 1.29 is 9.59 Å². The molecule has 0 atom stereocenters. The van der Waals surface area contributed by atoms with Crippen LogP contribution in [0.4, 0.5) is 23.1 Å². The Labute approximate surface area is 212 Å². The Hall–Kier alpha value is -4.74. The van der Waals surface area contributed by atoms with Gasteiger partial charge in [0.05, 0.1) is 18.1 Å². The van der Waals surface area contributed by atoms with Gasteiger partial charge in [-0.25, -0.2) is 15.0 Å². The first-order chi connectivity index (χ1) is 17.8. The van der Waals surface area contributed by atoms with Gasteiger partial charge in [0.2, 0.25) is 5.91 Å². The fraction of sp³-hybridized carbons (Fsp3) is 0.280. The molecule has 0 saturated carbocycles. The molecule has 0 unspecified atom stereocenters. The molecular weight excluding hydrogens is 472 g/mol. The van der Waals surface area contributed by atoms with Gasteiger partial charge in [0, 0.05) is 62.2 Å². The number of carbonyl (C=O) groups is 2. The predicted octanol–water partition coefficient (Wildman–Crippen LogP) is 1.99. The van der Waals surface area contributed by atoms with E-state index >= 15 is 0 Å². The summed E-state index contributed by atoms with van der Waals surface area (Å²) in [6.45, 7) is 3.22. The molecule has 0 aromatic carbocycles. The maximum absolute atomic E-state index is 12.5. The Kier molecular flexibility index (Phi) is 5.18. The molecule has 37 heavy (non-hydrogen) atoms. The van der Waals surface area contributed by atoms with Crippen molar-refractivity contribution in [2.24, 2.45) is 0 Å². The summed E-state index contributed by atoms with van der Waals surface area (Å²) in [5.41, 5.74) is 10.7. The van der Waals surface area contributed by atoms with Crippen molar-refractivity contribution in [2.45, 2.75) is 19.9 Å². The van der Waals surface area contributed by atoms with E-state index in [1.165, 1.54) is 0 Å². The third-order valence-corrected chi connectivity index (χ3v) is 6.94. The highest BCUT2D eigenvalue weighted by atomic mass is 16.2. The van der Waals surface area contributed by atoms with Crippen molar-refractivity contribution in [3.63, 3.8) is 0 Å². The predicted molar refractivity (Wildman–Crippen MR) is 139 cm³/mol. The third kappa shape index (κ3) is 3.86. The van der Waals surface area contributed by atoms with E-state index < -0.39 is 0 Å². The second-order valence-corrected chi connectivity index (χ2v) is 9.41. The van der Waals surface area contributed by atoms with Gasteiger partial charge in [0.1, 0.15) is 18.2 Å². The summed E-state index contributed by atoms with van der Waals surface area (Å²) in [5.74, 6) is 1.48. The van der Waals surface area contributed by atoms with E-state index in [0.29, 0.717) is 47.7 Å². The molecule has 4 aromatic heterocycles. The number of nitrogens with two attached hydrogens (primary N) is 1. The number of nitrogen functional groups attached to an aromatic ring is 1. The second-order valence-electron chi connectivity index (χ2n) is 9.41. The van der Waals surface area contributed by atoms with Crippen LogP contribution in [0.15, 0.2) is 30.6 Å². The minimum absolute atomic E-state index is 0.0336. The number of aromatic nitrogens is 5. The van der Waals surface area contributed by atoms with Gasteiger partial charge >= 0.3 is 0 Å². The molecule has 12 heteroatoms. The van der Waals surface area contributed by atoms with Gasteiger partial charge in [-0.05, 0) is 30.0 Å². The number of rotatable bonds is 3. The van der Waals surface area contributed by atoms with Crippen LogP contribution in [-0.4, -0.2) is 73.7 Å². The lowest BCUT2D eigenvalue weighted by atomic mass is 10.0. The van der Waals surface area contributed by atoms with Gasteiger partial charge in [0.15, 0.2) is 11.5 Å². The molecule has 4 N–H and O–H groups in total. The maximum atomic E-state index is 12.5. The molecule has 0 bridgehead atoms. The lowest BCUT2D eigenvalue weighted by molar-refractivity contribution is -0.130. The van der Waals surface area contributed by atoms with E-state index in [2.05, 4.69) is 30.7 Å². The highest BCUT2D eigenvalue weighted by molar-refractivity contribution is 6.01. The van der Waals surface area contributed by atoms with Crippen LogP contribution < -0.4 is 16.4 Å². The summed E-state index contributed by atoms with van der Waals surface area (Å²) in [6.07, 6.45) is 4.08. The second kappa shape index (κ2) is 8.43. The first kappa shape index (κ1) is 22.7. The summed E-state index contributed by atoms with van der Waals surface area (Å²) in [5, 5.41) is 12.6. The van der Waals surface area contributed by atoms with E-state index in [-0.39, 0.29) is 18.4 Å². The summed E-state index contributed by atoms with van der Waals surface area (Å²) >= 11 is 0. The summed E-state index contributed by atoms with van der Waals surface area (Å²) < 4.78 is 1.73. The molecule has 0 aliphatic carbocycles. The monoisotopic (exact) mass is 498 g/mol. The Morgan fingerprint density at radius 2 is 1.89 bits per heavy atom. The fourth-order valence-electron chi connectivity index (χ4n) is 4.71. The quantitative estimate of drug-likeness (QED) is 0.386. The van der Waals surface area contributed by atoms with Gasteiger partial charge in [-0.15, -0.1) is 0 Å². The highest BCUT2D eigenvalue weighted by Crippen LogP contribution is 2.34. The van der Waals surface area contributed by atoms with Crippen molar-refractivity contribution in [1.82, 2.24) is 34.5 Å². The molecule has 12 nitrogen and oxygen atoms in total. The zero-order valence-corrected chi connectivity index (χ0v) is 20.7. The van der Waals surface area contributed by atoms with Gasteiger partial charge in [-0.3, -0.25) is 14.3 Å². The zero-order chi connectivity index (χ0) is 25.8. The molecule has 0 saturated heterocycles. The number of nitrogens with zero attached hydrogens (tertiary/aromatic N) is 7. The van der Waals surface area contributed by atoms with E-state index in [0.717, 1.165) is 34.0 Å². The van der Waals surface area contributed by atoms with Crippen LogP contribution in [0.1, 0.15) is 21.7 Å². The first-order valence-electron chi connectivity index (χ1n) is 11.9. The minimum Gasteiger partial charge on any atom is -0.383 e. The maximum Gasteiger partial charge on any atom is 0.275 e. The van der Waals surface area contributed by atoms with E-state index in [4.69, 9.17) is 5.73 Å². The highest BCUT2D eigenvalue weighted by Gasteiger charge is 2.26. The number of carbonyl (C=O) groups excluding carboxylic acids is 2. The molecule has 6 rings (SSSR count). The smallest absolute Gasteiger partial charge is 0.275 e. The SMILES string of the molecule is Cc1c(-c2cc3cc(Nc4cc5n(n4)CC(=O)N(C)CC5)ncc3c(N)n2)cnc2c1NCN(C)C2=O. The van der Waals surface area contributed by atoms with Crippen molar-refractivity contribution >= 4 is 45.7 Å². The van der Waals surface area contributed by atoms with Crippen LogP contribution in [0.2, 0.25) is 0 Å². The number of hydrogen-bond donors (Lipinski definition) is 3. The fourth-order valence-corrected chi connectivity index (χ4v) is 4.71. The van der Waals surface area contributed by atoms with Crippen LogP contribution in [0.3, 0.4) is 0 Å². The third-order valence-electron chi connectivity index (χ3n) is 6.94. The standard InChI is InChI=1S/C25H26N10O2/c1-13-16(9-28-23-22(13)29-12-34(3)25(23)37)18-6-14-7-19(27-10-17(14)24(26)30-18)31-20-8-15-4-5-33(2)21(36)11-35(15)32-20/h6-10,29H,4-5,11-12H2,1-3H3,(H2,26,30)(H,27,31,32). The number of likely N-dealkylation sites (N-methyl/N-ethyl adjacent to an activating group) is 1. The Morgan fingerprint density at radius 1 is 1.05 bits per heavy atom. The normalized spacial score (nSPS) is 15.3. The molecule has 188 valence electrons. The Balaban J connectivity index is 1.34. The van der Waals surface area contributed by atoms with Crippen LogP contribution in [0, 0.1) is 6.92 Å². The number of fused-ring (bicyclic) bond motifs is 3. The average Bonchev–Trinajstić information content (AvgIpc) is 3.19. The van der Waals surface area contributed by atoms with Crippen molar-refractivity contribution in [3.8, 4) is 11.3 Å². The van der Waals surface area contributed by atoms with Gasteiger partial charge in [-0.2, -0.15) is 5.10 Å². The molecule has 2 aliphatic heterocycles. The van der Waals surface area contributed by atoms with Crippen LogP contribution in [0.5, 0.6) is 0 Å². The van der Waals surface area contributed by atoms with Crippen LogP contribution in [-0.2, 0) is 17.8 Å². The molecular formula is C25H26N10O2. The van der Waals surface area contributed by atoms with E-state index in [9.17, 15) is 9.59 Å². The average molecular weight is 499 g/mol. The minimum atomic E-state index is -0.121. The Bertz CT molecular complexity index is 1590. The van der Waals surface area contributed by atoms with Crippen LogP contribution in [0.25, 0.3) is 22.0 Å². The van der Waals surface area contributed by atoms with Crippen molar-refractivity contribution in [2.75, 3.05) is 43.7 Å². The van der Waals surface area contributed by atoms with Gasteiger partial charge in [-0.1, -0.05) is 0 Å². The zero-order valence-electron chi connectivity index (χ0n) is 20.7. The molecule has 6 heterocycles. The lowest BCUT2D eigenvalue weighted by Crippen LogP contribution is -2.37. The molecule has 2 amide bonds. The molecule has 0 radical (unpaired) electrons. The topological polar surface area (TPSA) is 147 Å². The van der Waals surface area contributed by atoms with E-state index in [1.54, 1.807) is 41.0 Å². The number of nitrogens with one attached hydrogen (secondary N) is 2. The largest absolute Gasteiger partial charge is 0.383 e. The molecule has 0 spiro atoms. The molecule has 2 aliphatic rings. The van der Waals surface area contributed by atoms with Gasteiger partial charge in [0.25, 0.3) is 5.91 Å². The summed E-state index contributed by atoms with van der Waals surface area (Å²) in [6, 6.07) is 5.76. The van der Waals surface area contributed by atoms with Crippen LogP contribution >= 0.6 is 0 Å². The first-order valence-corrected chi connectivity index (χ1v) is 11.9. The summed E-state index contributed by atoms with van der Waals surface area (Å²) in [4.78, 5) is 41.5. The van der Waals surface area contributed by atoms with Gasteiger partial charge < -0.3 is 26.2 Å². The van der Waals surface area contributed by atoms with Crippen molar-refractivity contribution in [3.05, 3.63) is 47.5 Å². The lowest BCUT2D eigenvalue weighted by Gasteiger charge is -2.27. The molecule has 4 aromatic rings. The number of pyridine rings is 3. The van der Waals surface area contributed by atoms with Crippen molar-refractivity contribution in [1.29, 1.82) is 0 Å². The number of amides is 2. The number of hydrogen-bond acceptors (Lipinski definition) is 9.